The Morgan fingerprint density at radius 1 is 1.26 bits per heavy atom. The number of hydrogen-bond acceptors (Lipinski definition) is 2. The molecule has 1 aliphatic heterocycles. The summed E-state index contributed by atoms with van der Waals surface area (Å²) in [5.74, 6) is 0.0249. The Morgan fingerprint density at radius 3 is 2.42 bits per heavy atom. The molecule has 0 aromatic heterocycles. The number of ketones is 1. The van der Waals surface area contributed by atoms with E-state index in [2.05, 4.69) is 31.9 Å². The maximum absolute atomic E-state index is 12.8. The fourth-order valence-corrected chi connectivity index (χ4v) is 3.65. The van der Waals surface area contributed by atoms with Gasteiger partial charge in [-0.05, 0) is 52.3 Å². The normalized spacial score (nSPS) is 24.4. The first kappa shape index (κ1) is 15.2. The number of hydrogen-bond donors (Lipinski definition) is 0. The largest absolute Gasteiger partial charge is 0.369 e. The van der Waals surface area contributed by atoms with Gasteiger partial charge in [0.05, 0.1) is 17.1 Å². The molecule has 0 N–H and O–H groups in total. The molecule has 0 aliphatic carbocycles. The van der Waals surface area contributed by atoms with Crippen molar-refractivity contribution >= 4 is 37.6 Å². The highest BCUT2D eigenvalue weighted by Crippen LogP contribution is 2.44. The molecule has 1 aliphatic rings. The Labute approximate surface area is 131 Å². The van der Waals surface area contributed by atoms with Crippen LogP contribution in [0.15, 0.2) is 27.1 Å². The van der Waals surface area contributed by atoms with E-state index in [1.54, 1.807) is 0 Å². The number of carbonyl (C=O) groups is 1. The van der Waals surface area contributed by atoms with Crippen LogP contribution in [0.4, 0.5) is 0 Å². The Balaban J connectivity index is 2.37. The summed E-state index contributed by atoms with van der Waals surface area (Å²) in [5, 5.41) is 0. The summed E-state index contributed by atoms with van der Waals surface area (Å²) >= 11 is 6.88. The second-order valence-electron chi connectivity index (χ2n) is 6.21. The van der Waals surface area contributed by atoms with Crippen molar-refractivity contribution in [2.45, 2.75) is 45.3 Å². The summed E-state index contributed by atoms with van der Waals surface area (Å²) in [6.45, 7) is 8.07. The van der Waals surface area contributed by atoms with E-state index < -0.39 is 5.60 Å². The van der Waals surface area contributed by atoms with Gasteiger partial charge in [0.15, 0.2) is 5.78 Å². The zero-order valence-corrected chi connectivity index (χ0v) is 14.8. The molecule has 4 heteroatoms. The van der Waals surface area contributed by atoms with Crippen LogP contribution in [0.5, 0.6) is 0 Å². The average molecular weight is 390 g/mol. The number of ether oxygens (including phenoxy) is 1. The molecule has 1 saturated heterocycles. The van der Waals surface area contributed by atoms with Crippen molar-refractivity contribution < 1.29 is 9.53 Å². The van der Waals surface area contributed by atoms with E-state index >= 15 is 0 Å². The Morgan fingerprint density at radius 2 is 1.89 bits per heavy atom. The number of halogens is 2. The van der Waals surface area contributed by atoms with Gasteiger partial charge in [-0.1, -0.05) is 31.9 Å². The first-order valence-corrected chi connectivity index (χ1v) is 7.90. The minimum absolute atomic E-state index is 0.118. The van der Waals surface area contributed by atoms with Crippen molar-refractivity contribution in [3.05, 3.63) is 32.7 Å². The van der Waals surface area contributed by atoms with Crippen LogP contribution in [-0.2, 0) is 4.74 Å². The monoisotopic (exact) mass is 388 g/mol. The Bertz CT molecular complexity index is 521. The minimum atomic E-state index is -0.428. The topological polar surface area (TPSA) is 26.3 Å². The third-order valence-electron chi connectivity index (χ3n) is 3.58. The summed E-state index contributed by atoms with van der Waals surface area (Å²) in [7, 11) is 0. The standard InChI is InChI=1S/C15H18Br2O2/c1-14(2)8-11(15(3,4)19-14)13(18)10-7-9(16)5-6-12(10)17/h5-7,11H,8H2,1-4H3. The summed E-state index contributed by atoms with van der Waals surface area (Å²) in [6, 6.07) is 5.68. The van der Waals surface area contributed by atoms with Gasteiger partial charge in [0.25, 0.3) is 0 Å². The molecule has 2 nitrogen and oxygen atoms in total. The van der Waals surface area contributed by atoms with Gasteiger partial charge < -0.3 is 4.74 Å². The van der Waals surface area contributed by atoms with Crippen molar-refractivity contribution in [3.63, 3.8) is 0 Å². The summed E-state index contributed by atoms with van der Waals surface area (Å²) < 4.78 is 7.76. The molecule has 1 atom stereocenters. The van der Waals surface area contributed by atoms with Gasteiger partial charge in [-0.25, -0.2) is 0 Å². The second-order valence-corrected chi connectivity index (χ2v) is 7.98. The molecule has 0 radical (unpaired) electrons. The predicted molar refractivity (Wildman–Crippen MR) is 83.5 cm³/mol. The number of Topliss-reactive ketones (excluding diaryl/α,β-unsaturated/α-hetero) is 1. The molecule has 19 heavy (non-hydrogen) atoms. The molecule has 1 aromatic rings. The van der Waals surface area contributed by atoms with Crippen LogP contribution in [0, 0.1) is 5.92 Å². The van der Waals surface area contributed by atoms with Crippen LogP contribution >= 0.6 is 31.9 Å². The Hall–Kier alpha value is -0.190. The molecule has 0 bridgehead atoms. The van der Waals surface area contributed by atoms with Gasteiger partial charge in [-0.2, -0.15) is 0 Å². The molecule has 1 heterocycles. The summed E-state index contributed by atoms with van der Waals surface area (Å²) in [4.78, 5) is 12.8. The smallest absolute Gasteiger partial charge is 0.170 e. The van der Waals surface area contributed by atoms with E-state index in [1.807, 2.05) is 45.9 Å². The molecule has 0 spiro atoms. The van der Waals surface area contributed by atoms with Crippen molar-refractivity contribution in [2.75, 3.05) is 0 Å². The lowest BCUT2D eigenvalue weighted by Crippen LogP contribution is -2.34. The first-order chi connectivity index (χ1) is 8.62. The van der Waals surface area contributed by atoms with E-state index in [0.717, 1.165) is 15.4 Å². The van der Waals surface area contributed by atoms with Crippen LogP contribution in [0.25, 0.3) is 0 Å². The minimum Gasteiger partial charge on any atom is -0.369 e. The van der Waals surface area contributed by atoms with Crippen LogP contribution in [0.3, 0.4) is 0 Å². The van der Waals surface area contributed by atoms with Crippen LogP contribution in [-0.4, -0.2) is 17.0 Å². The Kier molecular flexibility index (Phi) is 3.98. The SMILES string of the molecule is CC1(C)CC(C(=O)c2cc(Br)ccc2Br)C(C)(C)O1. The van der Waals surface area contributed by atoms with Crippen LogP contribution in [0.1, 0.15) is 44.5 Å². The number of carbonyl (C=O) groups excluding carboxylic acids is 1. The number of rotatable bonds is 2. The van der Waals surface area contributed by atoms with E-state index in [9.17, 15) is 4.79 Å². The van der Waals surface area contributed by atoms with Gasteiger partial charge in [0.1, 0.15) is 0 Å². The highest BCUT2D eigenvalue weighted by atomic mass is 79.9. The van der Waals surface area contributed by atoms with Crippen LogP contribution in [0.2, 0.25) is 0 Å². The fraction of sp³-hybridized carbons (Fsp3) is 0.533. The molecule has 0 amide bonds. The van der Waals surface area contributed by atoms with E-state index in [4.69, 9.17) is 4.74 Å². The molecule has 0 saturated carbocycles. The van der Waals surface area contributed by atoms with Gasteiger partial charge in [-0.3, -0.25) is 4.79 Å². The van der Waals surface area contributed by atoms with E-state index in [-0.39, 0.29) is 17.3 Å². The highest BCUT2D eigenvalue weighted by molar-refractivity contribution is 9.11. The molecule has 1 fully saturated rings. The fourth-order valence-electron chi connectivity index (χ4n) is 2.84. The maximum Gasteiger partial charge on any atom is 0.170 e. The first-order valence-electron chi connectivity index (χ1n) is 6.32. The maximum atomic E-state index is 12.8. The quantitative estimate of drug-likeness (QED) is 0.666. The molecular formula is C15H18Br2O2. The zero-order chi connectivity index (χ0) is 14.4. The van der Waals surface area contributed by atoms with Crippen LogP contribution < -0.4 is 0 Å². The van der Waals surface area contributed by atoms with Crippen molar-refractivity contribution in [2.24, 2.45) is 5.92 Å². The molecule has 104 valence electrons. The predicted octanol–water partition coefficient (Wildman–Crippen LogP) is 4.99. The van der Waals surface area contributed by atoms with E-state index in [1.165, 1.54) is 0 Å². The second kappa shape index (κ2) is 4.97. The lowest BCUT2D eigenvalue weighted by molar-refractivity contribution is -0.0712. The summed E-state index contributed by atoms with van der Waals surface area (Å²) in [5.41, 5.74) is 0.0405. The highest BCUT2D eigenvalue weighted by Gasteiger charge is 2.49. The third-order valence-corrected chi connectivity index (χ3v) is 4.77. The van der Waals surface area contributed by atoms with Crippen molar-refractivity contribution in [1.82, 2.24) is 0 Å². The lowest BCUT2D eigenvalue weighted by atomic mass is 9.82. The molecular weight excluding hydrogens is 372 g/mol. The molecule has 1 aromatic carbocycles. The van der Waals surface area contributed by atoms with Crippen molar-refractivity contribution in [1.29, 1.82) is 0 Å². The van der Waals surface area contributed by atoms with Gasteiger partial charge in [-0.15, -0.1) is 0 Å². The third kappa shape index (κ3) is 3.11. The number of benzene rings is 1. The van der Waals surface area contributed by atoms with Gasteiger partial charge in [0.2, 0.25) is 0 Å². The molecule has 1 unspecified atom stereocenters. The van der Waals surface area contributed by atoms with E-state index in [0.29, 0.717) is 5.56 Å². The van der Waals surface area contributed by atoms with Crippen molar-refractivity contribution in [3.8, 4) is 0 Å². The lowest BCUT2D eigenvalue weighted by Gasteiger charge is -2.26. The summed E-state index contributed by atoms with van der Waals surface area (Å²) in [6.07, 6.45) is 0.748. The van der Waals surface area contributed by atoms with Gasteiger partial charge in [0, 0.05) is 14.5 Å². The molecule has 2 rings (SSSR count). The van der Waals surface area contributed by atoms with Gasteiger partial charge >= 0.3 is 0 Å². The average Bonchev–Trinajstić information content (AvgIpc) is 2.49. The zero-order valence-electron chi connectivity index (χ0n) is 11.6.